The van der Waals surface area contributed by atoms with Crippen LogP contribution in [0.4, 0.5) is 13.8 Å². The minimum atomic E-state index is -2.85. The predicted molar refractivity (Wildman–Crippen MR) is 115 cm³/mol. The molecule has 0 radical (unpaired) electrons. The molecule has 0 aliphatic carbocycles. The monoisotopic (exact) mass is 447 g/mol. The highest BCUT2D eigenvalue weighted by Crippen LogP contribution is 2.39. The van der Waals surface area contributed by atoms with E-state index in [2.05, 4.69) is 17.0 Å². The number of likely N-dealkylation sites (tertiary alicyclic amines) is 1. The van der Waals surface area contributed by atoms with Crippen molar-refractivity contribution in [1.82, 2.24) is 0 Å². The van der Waals surface area contributed by atoms with Gasteiger partial charge in [-0.1, -0.05) is 0 Å². The normalized spacial score (nSPS) is 15.4. The number of hydrogen-bond acceptors (Lipinski definition) is 4. The number of benzene rings is 1. The van der Waals surface area contributed by atoms with Crippen LogP contribution in [0.2, 0.25) is 0 Å². The Morgan fingerprint density at radius 2 is 1.87 bits per heavy atom. The smallest absolute Gasteiger partial charge is 0.387 e. The van der Waals surface area contributed by atoms with E-state index in [4.69, 9.17) is 4.42 Å². The number of amides is 1. The molecule has 2 N–H and O–H groups in total. The lowest BCUT2D eigenvalue weighted by Crippen LogP contribution is -3.10. The van der Waals surface area contributed by atoms with E-state index >= 15 is 0 Å². The summed E-state index contributed by atoms with van der Waals surface area (Å²) in [5.41, 5.74) is 3.21. The lowest BCUT2D eigenvalue weighted by Gasteiger charge is -2.26. The second-order valence-corrected chi connectivity index (χ2v) is 8.93. The van der Waals surface area contributed by atoms with Crippen molar-refractivity contribution in [3.05, 3.63) is 70.0 Å². The van der Waals surface area contributed by atoms with Crippen molar-refractivity contribution in [1.29, 1.82) is 0 Å². The standard InChI is InChI=1S/C23H24F2N2O3S/c1-14-15(2)31-22(26-21(28)18-6-5-13-29-18)19(14)20(27-11-3-4-12-27)16-7-9-17(10-8-16)30-23(24)25/h5-10,13,20,23H,3-4,11-12H2,1-2H3,(H,26,28)/p+1. The van der Waals surface area contributed by atoms with Gasteiger partial charge in [-0.25, -0.2) is 0 Å². The lowest BCUT2D eigenvalue weighted by molar-refractivity contribution is -0.913. The molecule has 4 rings (SSSR count). The lowest BCUT2D eigenvalue weighted by atomic mass is 9.95. The summed E-state index contributed by atoms with van der Waals surface area (Å²) in [4.78, 5) is 15.2. The largest absolute Gasteiger partial charge is 0.459 e. The van der Waals surface area contributed by atoms with Gasteiger partial charge in [-0.15, -0.1) is 11.3 Å². The van der Waals surface area contributed by atoms with Crippen LogP contribution in [-0.2, 0) is 0 Å². The van der Waals surface area contributed by atoms with Crippen LogP contribution in [0.15, 0.2) is 47.1 Å². The van der Waals surface area contributed by atoms with Crippen LogP contribution in [-0.4, -0.2) is 25.6 Å². The van der Waals surface area contributed by atoms with Crippen molar-refractivity contribution in [3.8, 4) is 5.75 Å². The maximum atomic E-state index is 12.7. The molecule has 1 aliphatic heterocycles. The maximum Gasteiger partial charge on any atom is 0.387 e. The fourth-order valence-electron chi connectivity index (χ4n) is 4.22. The number of hydrogen-bond donors (Lipinski definition) is 2. The molecule has 1 fully saturated rings. The van der Waals surface area contributed by atoms with Crippen molar-refractivity contribution in [3.63, 3.8) is 0 Å². The molecule has 0 saturated carbocycles. The molecule has 1 aromatic carbocycles. The highest BCUT2D eigenvalue weighted by molar-refractivity contribution is 7.16. The van der Waals surface area contributed by atoms with Gasteiger partial charge in [-0.2, -0.15) is 8.78 Å². The van der Waals surface area contributed by atoms with Gasteiger partial charge in [0.15, 0.2) is 5.76 Å². The minimum absolute atomic E-state index is 0.0139. The molecule has 164 valence electrons. The molecule has 31 heavy (non-hydrogen) atoms. The molecular formula is C23H25F2N2O3S+. The summed E-state index contributed by atoms with van der Waals surface area (Å²) in [6, 6.07) is 10.2. The Kier molecular flexibility index (Phi) is 6.38. The second-order valence-electron chi connectivity index (χ2n) is 7.70. The molecular weight excluding hydrogens is 422 g/mol. The summed E-state index contributed by atoms with van der Waals surface area (Å²) in [6.45, 7) is 3.29. The van der Waals surface area contributed by atoms with Crippen LogP contribution in [0.25, 0.3) is 0 Å². The number of halogens is 2. The molecule has 1 atom stereocenters. The number of ether oxygens (including phenoxy) is 1. The van der Waals surface area contributed by atoms with Crippen LogP contribution in [0.3, 0.4) is 0 Å². The number of alkyl halides is 2. The summed E-state index contributed by atoms with van der Waals surface area (Å²) in [5.74, 6) is 0.107. The first-order valence-corrected chi connectivity index (χ1v) is 11.1. The van der Waals surface area contributed by atoms with Gasteiger partial charge in [-0.05, 0) is 55.8 Å². The Morgan fingerprint density at radius 1 is 1.16 bits per heavy atom. The SMILES string of the molecule is Cc1sc(NC(=O)c2ccco2)c(C(c2ccc(OC(F)F)cc2)[NH+]2CCCC2)c1C. The van der Waals surface area contributed by atoms with Crippen LogP contribution >= 0.6 is 11.3 Å². The molecule has 1 saturated heterocycles. The summed E-state index contributed by atoms with van der Waals surface area (Å²) >= 11 is 1.55. The van der Waals surface area contributed by atoms with Crippen LogP contribution in [0.1, 0.15) is 51.0 Å². The van der Waals surface area contributed by atoms with Crippen molar-refractivity contribution in [2.45, 2.75) is 39.3 Å². The zero-order valence-corrected chi connectivity index (χ0v) is 18.2. The van der Waals surface area contributed by atoms with Crippen molar-refractivity contribution in [2.75, 3.05) is 18.4 Å². The molecule has 8 heteroatoms. The Hall–Kier alpha value is -2.71. The van der Waals surface area contributed by atoms with Crippen LogP contribution < -0.4 is 15.0 Å². The fourth-order valence-corrected chi connectivity index (χ4v) is 5.32. The molecule has 3 aromatic rings. The van der Waals surface area contributed by atoms with Gasteiger partial charge in [0.05, 0.1) is 24.9 Å². The van der Waals surface area contributed by atoms with E-state index in [9.17, 15) is 13.6 Å². The Morgan fingerprint density at radius 3 is 2.48 bits per heavy atom. The van der Waals surface area contributed by atoms with E-state index in [0.717, 1.165) is 52.5 Å². The number of thiophene rings is 1. The quantitative estimate of drug-likeness (QED) is 0.558. The van der Waals surface area contributed by atoms with Gasteiger partial charge in [-0.3, -0.25) is 4.79 Å². The zero-order chi connectivity index (χ0) is 22.0. The maximum absolute atomic E-state index is 12.7. The Bertz CT molecular complexity index is 1030. The topological polar surface area (TPSA) is 55.9 Å². The number of aryl methyl sites for hydroxylation is 1. The van der Waals surface area contributed by atoms with E-state index in [-0.39, 0.29) is 23.5 Å². The first-order valence-electron chi connectivity index (χ1n) is 10.3. The fraction of sp³-hybridized carbons (Fsp3) is 0.348. The average molecular weight is 448 g/mol. The molecule has 1 amide bonds. The van der Waals surface area contributed by atoms with Gasteiger partial charge in [0.2, 0.25) is 0 Å². The molecule has 1 aliphatic rings. The van der Waals surface area contributed by atoms with Gasteiger partial charge in [0, 0.05) is 23.3 Å². The van der Waals surface area contributed by atoms with Crippen LogP contribution in [0.5, 0.6) is 5.75 Å². The third-order valence-electron chi connectivity index (χ3n) is 5.79. The highest BCUT2D eigenvalue weighted by Gasteiger charge is 2.34. The third-order valence-corrected chi connectivity index (χ3v) is 6.92. The molecule has 0 bridgehead atoms. The number of furan rings is 1. The molecule has 0 spiro atoms. The van der Waals surface area contributed by atoms with E-state index in [0.29, 0.717) is 0 Å². The average Bonchev–Trinajstić information content (AvgIpc) is 3.49. The number of nitrogens with one attached hydrogen (secondary N) is 2. The van der Waals surface area contributed by atoms with Gasteiger partial charge in [0.1, 0.15) is 16.8 Å². The molecule has 2 aromatic heterocycles. The van der Waals surface area contributed by atoms with E-state index in [1.54, 1.807) is 35.6 Å². The molecule has 3 heterocycles. The third kappa shape index (κ3) is 4.65. The predicted octanol–water partition coefficient (Wildman–Crippen LogP) is 4.58. The van der Waals surface area contributed by atoms with E-state index < -0.39 is 6.61 Å². The van der Waals surface area contributed by atoms with Crippen molar-refractivity contribution < 1.29 is 27.6 Å². The van der Waals surface area contributed by atoms with Crippen molar-refractivity contribution in [2.24, 2.45) is 0 Å². The Balaban J connectivity index is 1.72. The number of rotatable bonds is 7. The van der Waals surface area contributed by atoms with E-state index in [1.807, 2.05) is 19.1 Å². The summed E-state index contributed by atoms with van der Waals surface area (Å²) in [5, 5.41) is 3.83. The number of quaternary nitrogens is 1. The molecule has 1 unspecified atom stereocenters. The molecule has 5 nitrogen and oxygen atoms in total. The van der Waals surface area contributed by atoms with E-state index in [1.165, 1.54) is 11.2 Å². The summed E-state index contributed by atoms with van der Waals surface area (Å²) < 4.78 is 34.9. The second kappa shape index (κ2) is 9.20. The number of carbonyl (C=O) groups excluding carboxylic acids is 1. The Labute approximate surface area is 183 Å². The first kappa shape index (κ1) is 21.5. The van der Waals surface area contributed by atoms with Crippen LogP contribution in [0, 0.1) is 13.8 Å². The summed E-state index contributed by atoms with van der Waals surface area (Å²) in [6.07, 6.45) is 3.74. The number of anilines is 1. The zero-order valence-electron chi connectivity index (χ0n) is 17.4. The van der Waals surface area contributed by atoms with Crippen molar-refractivity contribution >= 4 is 22.2 Å². The summed E-state index contributed by atoms with van der Waals surface area (Å²) in [7, 11) is 0. The van der Waals surface area contributed by atoms with Gasteiger partial charge < -0.3 is 19.4 Å². The van der Waals surface area contributed by atoms with Gasteiger partial charge in [0.25, 0.3) is 5.91 Å². The van der Waals surface area contributed by atoms with Gasteiger partial charge >= 0.3 is 6.61 Å². The minimum Gasteiger partial charge on any atom is -0.459 e. The highest BCUT2D eigenvalue weighted by atomic mass is 32.1. The first-order chi connectivity index (χ1) is 14.9. The number of carbonyl (C=O) groups is 1.